The molecule has 2 atom stereocenters. The zero-order chi connectivity index (χ0) is 21.4. The van der Waals surface area contributed by atoms with E-state index in [1.807, 2.05) is 6.07 Å². The number of anilines is 1. The van der Waals surface area contributed by atoms with Crippen molar-refractivity contribution in [2.45, 2.75) is 19.0 Å². The van der Waals surface area contributed by atoms with Crippen LogP contribution in [0.1, 0.15) is 6.92 Å². The summed E-state index contributed by atoms with van der Waals surface area (Å²) < 4.78 is 9.50. The van der Waals surface area contributed by atoms with Crippen molar-refractivity contribution in [1.82, 2.24) is 15.1 Å². The number of amides is 4. The zero-order valence-corrected chi connectivity index (χ0v) is 16.7. The Hall–Kier alpha value is -3.14. The first-order valence-electron chi connectivity index (χ1n) is 9.15. The van der Waals surface area contributed by atoms with E-state index in [-0.39, 0.29) is 38.2 Å². The number of hydrogen-bond acceptors (Lipinski definition) is 6. The van der Waals surface area contributed by atoms with Crippen molar-refractivity contribution in [3.63, 3.8) is 0 Å². The summed E-state index contributed by atoms with van der Waals surface area (Å²) >= 11 is 0. The summed E-state index contributed by atoms with van der Waals surface area (Å²) in [5, 5.41) is 5.29. The van der Waals surface area contributed by atoms with Gasteiger partial charge in [0.1, 0.15) is 18.7 Å². The minimum absolute atomic E-state index is 0.0200. The molecule has 158 valence electrons. The Morgan fingerprint density at radius 2 is 1.83 bits per heavy atom. The normalized spacial score (nSPS) is 17.3. The van der Waals surface area contributed by atoms with Crippen LogP contribution in [0.25, 0.3) is 0 Å². The van der Waals surface area contributed by atoms with E-state index in [0.29, 0.717) is 5.69 Å². The highest BCUT2D eigenvalue weighted by Gasteiger charge is 2.37. The van der Waals surface area contributed by atoms with Gasteiger partial charge in [-0.05, 0) is 19.1 Å². The molecule has 0 spiro atoms. The Balaban J connectivity index is 2.12. The van der Waals surface area contributed by atoms with Crippen molar-refractivity contribution < 1.29 is 28.7 Å². The lowest BCUT2D eigenvalue weighted by Gasteiger charge is -2.40. The summed E-state index contributed by atoms with van der Waals surface area (Å²) in [7, 11) is 2.60. The predicted molar refractivity (Wildman–Crippen MR) is 104 cm³/mol. The summed E-state index contributed by atoms with van der Waals surface area (Å²) in [4.78, 5) is 52.1. The third-order valence-corrected chi connectivity index (χ3v) is 4.50. The van der Waals surface area contributed by atoms with Gasteiger partial charge in [-0.3, -0.25) is 9.59 Å². The van der Waals surface area contributed by atoms with Gasteiger partial charge in [0.15, 0.2) is 0 Å². The number of piperazine rings is 1. The van der Waals surface area contributed by atoms with Gasteiger partial charge in [0.2, 0.25) is 11.8 Å². The second kappa shape index (κ2) is 10.4. The van der Waals surface area contributed by atoms with Crippen LogP contribution < -0.4 is 10.6 Å². The number of urea groups is 1. The van der Waals surface area contributed by atoms with Crippen LogP contribution in [0.4, 0.5) is 10.5 Å². The maximum Gasteiger partial charge on any atom is 0.328 e. The molecule has 1 aromatic carbocycles. The van der Waals surface area contributed by atoms with E-state index in [9.17, 15) is 19.2 Å². The molecule has 4 amide bonds. The molecule has 1 heterocycles. The third-order valence-electron chi connectivity index (χ3n) is 4.50. The minimum Gasteiger partial charge on any atom is -0.467 e. The number of rotatable bonds is 6. The van der Waals surface area contributed by atoms with Gasteiger partial charge in [0.25, 0.3) is 0 Å². The number of ether oxygens (including phenoxy) is 2. The summed E-state index contributed by atoms with van der Waals surface area (Å²) in [5.41, 5.74) is 0.621. The molecule has 29 heavy (non-hydrogen) atoms. The topological polar surface area (TPSA) is 117 Å². The number of carbonyl (C=O) groups is 4. The van der Waals surface area contributed by atoms with Gasteiger partial charge >= 0.3 is 12.0 Å². The second-order valence-electron chi connectivity index (χ2n) is 6.53. The largest absolute Gasteiger partial charge is 0.467 e. The van der Waals surface area contributed by atoms with Gasteiger partial charge < -0.3 is 29.9 Å². The van der Waals surface area contributed by atoms with Crippen LogP contribution >= 0.6 is 0 Å². The maximum absolute atomic E-state index is 12.8. The molecule has 2 rings (SSSR count). The SMILES string of the molecule is COCC(=O)N1CCN(C(=O)Nc2ccccc2)CC1C(=O)NC(C)C(=O)OC. The van der Waals surface area contributed by atoms with Crippen molar-refractivity contribution in [3.8, 4) is 0 Å². The van der Waals surface area contributed by atoms with E-state index in [1.165, 1.54) is 30.9 Å². The van der Waals surface area contributed by atoms with Gasteiger partial charge in [-0.2, -0.15) is 0 Å². The van der Waals surface area contributed by atoms with Crippen molar-refractivity contribution in [1.29, 1.82) is 0 Å². The number of nitrogens with one attached hydrogen (secondary N) is 2. The molecular weight excluding hydrogens is 380 g/mol. The standard InChI is InChI=1S/C19H26N4O6/c1-13(18(26)29-3)20-17(25)15-11-22(9-10-23(15)16(24)12-28-2)19(27)21-14-7-5-4-6-8-14/h4-8,13,15H,9-12H2,1-3H3,(H,20,25)(H,21,27). The van der Waals surface area contributed by atoms with Crippen molar-refractivity contribution in [2.75, 3.05) is 45.8 Å². The Morgan fingerprint density at radius 1 is 1.14 bits per heavy atom. The van der Waals surface area contributed by atoms with Crippen LogP contribution in [0.3, 0.4) is 0 Å². The summed E-state index contributed by atoms with van der Waals surface area (Å²) in [6, 6.07) is 6.69. The van der Waals surface area contributed by atoms with Crippen molar-refractivity contribution in [3.05, 3.63) is 30.3 Å². The lowest BCUT2D eigenvalue weighted by molar-refractivity contribution is -0.148. The molecule has 1 fully saturated rings. The molecular formula is C19H26N4O6. The molecule has 1 saturated heterocycles. The summed E-state index contributed by atoms with van der Waals surface area (Å²) in [6.45, 7) is 1.69. The van der Waals surface area contributed by atoms with E-state index in [1.54, 1.807) is 24.3 Å². The fraction of sp³-hybridized carbons (Fsp3) is 0.474. The average molecular weight is 406 g/mol. The molecule has 0 aromatic heterocycles. The number of nitrogens with zero attached hydrogens (tertiary/aromatic N) is 2. The van der Waals surface area contributed by atoms with E-state index < -0.39 is 24.0 Å². The first-order chi connectivity index (χ1) is 13.9. The molecule has 0 bridgehead atoms. The van der Waals surface area contributed by atoms with Crippen LogP contribution in [0.2, 0.25) is 0 Å². The number of para-hydroxylation sites is 1. The van der Waals surface area contributed by atoms with Crippen LogP contribution in [-0.2, 0) is 23.9 Å². The number of methoxy groups -OCH3 is 2. The lowest BCUT2D eigenvalue weighted by Crippen LogP contribution is -2.63. The monoisotopic (exact) mass is 406 g/mol. The van der Waals surface area contributed by atoms with E-state index in [0.717, 1.165) is 0 Å². The van der Waals surface area contributed by atoms with Crippen molar-refractivity contribution >= 4 is 29.5 Å². The van der Waals surface area contributed by atoms with Gasteiger partial charge in [0.05, 0.1) is 13.7 Å². The first kappa shape index (κ1) is 22.2. The summed E-state index contributed by atoms with van der Waals surface area (Å²) in [5.74, 6) is -1.53. The molecule has 10 nitrogen and oxygen atoms in total. The fourth-order valence-corrected chi connectivity index (χ4v) is 2.97. The van der Waals surface area contributed by atoms with Crippen molar-refractivity contribution in [2.24, 2.45) is 0 Å². The Morgan fingerprint density at radius 3 is 2.45 bits per heavy atom. The van der Waals surface area contributed by atoms with E-state index >= 15 is 0 Å². The predicted octanol–water partition coefficient (Wildman–Crippen LogP) is 0.0554. The average Bonchev–Trinajstić information content (AvgIpc) is 2.73. The Kier molecular flexibility index (Phi) is 7.96. The molecule has 0 saturated carbocycles. The van der Waals surface area contributed by atoms with E-state index in [4.69, 9.17) is 4.74 Å². The van der Waals surface area contributed by atoms with E-state index in [2.05, 4.69) is 15.4 Å². The molecule has 0 aliphatic carbocycles. The van der Waals surface area contributed by atoms with Crippen LogP contribution in [-0.4, -0.2) is 86.2 Å². The number of hydrogen-bond donors (Lipinski definition) is 2. The molecule has 1 aliphatic heterocycles. The van der Waals surface area contributed by atoms with Gasteiger partial charge in [0, 0.05) is 25.9 Å². The van der Waals surface area contributed by atoms with Crippen LogP contribution in [0, 0.1) is 0 Å². The highest BCUT2D eigenvalue weighted by atomic mass is 16.5. The highest BCUT2D eigenvalue weighted by Crippen LogP contribution is 2.14. The Labute approximate surface area is 169 Å². The third kappa shape index (κ3) is 5.92. The van der Waals surface area contributed by atoms with Crippen LogP contribution in [0.5, 0.6) is 0 Å². The van der Waals surface area contributed by atoms with Gasteiger partial charge in [-0.25, -0.2) is 9.59 Å². The molecule has 2 N–H and O–H groups in total. The molecule has 2 unspecified atom stereocenters. The lowest BCUT2D eigenvalue weighted by atomic mass is 10.1. The molecule has 1 aromatic rings. The van der Waals surface area contributed by atoms with Gasteiger partial charge in [-0.15, -0.1) is 0 Å². The smallest absolute Gasteiger partial charge is 0.328 e. The number of carbonyl (C=O) groups excluding carboxylic acids is 4. The molecule has 1 aliphatic rings. The highest BCUT2D eigenvalue weighted by molar-refractivity contribution is 5.93. The Bertz CT molecular complexity index is 741. The molecule has 0 radical (unpaired) electrons. The maximum atomic E-state index is 12.8. The van der Waals surface area contributed by atoms with Gasteiger partial charge in [-0.1, -0.05) is 18.2 Å². The zero-order valence-electron chi connectivity index (χ0n) is 16.7. The quantitative estimate of drug-likeness (QED) is 0.645. The number of esters is 1. The first-order valence-corrected chi connectivity index (χ1v) is 9.15. The van der Waals surface area contributed by atoms with Crippen LogP contribution in [0.15, 0.2) is 30.3 Å². The fourth-order valence-electron chi connectivity index (χ4n) is 2.97. The minimum atomic E-state index is -0.958. The number of benzene rings is 1. The second-order valence-corrected chi connectivity index (χ2v) is 6.53. The molecule has 10 heteroatoms. The summed E-state index contributed by atoms with van der Waals surface area (Å²) in [6.07, 6.45) is 0.